The van der Waals surface area contributed by atoms with Gasteiger partial charge in [0.05, 0.1) is 0 Å². The van der Waals surface area contributed by atoms with E-state index in [1.807, 2.05) is 0 Å². The Bertz CT molecular complexity index is 339. The van der Waals surface area contributed by atoms with Gasteiger partial charge in [0, 0.05) is 0 Å². The van der Waals surface area contributed by atoms with Gasteiger partial charge in [-0.2, -0.15) is 0 Å². The van der Waals surface area contributed by atoms with Gasteiger partial charge < -0.3 is 0 Å². The molecule has 0 saturated carbocycles. The minimum absolute atomic E-state index is 0.333. The van der Waals surface area contributed by atoms with Crippen LogP contribution in [-0.4, -0.2) is 0 Å². The minimum atomic E-state index is 0.333. The fourth-order valence-corrected chi connectivity index (χ4v) is 6.18. The Kier molecular flexibility index (Phi) is 4.20. The molecule has 0 aromatic rings. The van der Waals surface area contributed by atoms with Crippen LogP contribution in [0.25, 0.3) is 0 Å². The summed E-state index contributed by atoms with van der Waals surface area (Å²) in [6, 6.07) is 0. The second-order valence-electron chi connectivity index (χ2n) is 5.24. The zero-order valence-corrected chi connectivity index (χ0v) is 12.5. The molecule has 0 aromatic carbocycles. The van der Waals surface area contributed by atoms with Crippen LogP contribution in [0, 0.1) is 0 Å². The van der Waals surface area contributed by atoms with E-state index in [-0.39, 0.29) is 0 Å². The average molecular weight is 315 g/mol. The fraction of sp³-hybridized carbons (Fsp3) is 0.500. The summed E-state index contributed by atoms with van der Waals surface area (Å²) in [4.78, 5) is 0. The van der Waals surface area contributed by atoms with Gasteiger partial charge >= 0.3 is 113 Å². The van der Waals surface area contributed by atoms with Crippen molar-refractivity contribution in [2.45, 2.75) is 47.5 Å². The summed E-state index contributed by atoms with van der Waals surface area (Å²) < 4.78 is 0.888. The molecule has 0 radical (unpaired) electrons. The molecule has 0 bridgehead atoms. The first-order valence-corrected chi connectivity index (χ1v) is 8.19. The van der Waals surface area contributed by atoms with E-state index >= 15 is 0 Å². The van der Waals surface area contributed by atoms with Gasteiger partial charge in [0.15, 0.2) is 0 Å². The molecule has 0 amide bonds. The molecule has 2 aliphatic carbocycles. The van der Waals surface area contributed by atoms with Gasteiger partial charge in [-0.1, -0.05) is 0 Å². The van der Waals surface area contributed by atoms with Crippen LogP contribution >= 0.6 is 0 Å². The monoisotopic (exact) mass is 316 g/mol. The van der Waals surface area contributed by atoms with Gasteiger partial charge in [-0.25, -0.2) is 0 Å². The SMILES string of the molecule is C[C]1([Ru][C]2(C)C=CC=CCC2)C=CC=CCC1. The molecule has 0 aliphatic heterocycles. The van der Waals surface area contributed by atoms with E-state index in [4.69, 9.17) is 0 Å². The van der Waals surface area contributed by atoms with Crippen LogP contribution in [0.15, 0.2) is 48.6 Å². The van der Waals surface area contributed by atoms with Crippen molar-refractivity contribution in [3.8, 4) is 0 Å². The molecule has 0 fully saturated rings. The van der Waals surface area contributed by atoms with Gasteiger partial charge in [0.1, 0.15) is 0 Å². The van der Waals surface area contributed by atoms with E-state index in [1.165, 1.54) is 25.7 Å². The second kappa shape index (κ2) is 5.48. The molecule has 0 saturated heterocycles. The van der Waals surface area contributed by atoms with Gasteiger partial charge in [-0.3, -0.25) is 0 Å². The fourth-order valence-electron chi connectivity index (χ4n) is 2.36. The first kappa shape index (κ1) is 13.0. The van der Waals surface area contributed by atoms with Crippen LogP contribution in [0.4, 0.5) is 0 Å². The first-order valence-electron chi connectivity index (χ1n) is 6.45. The Labute approximate surface area is 113 Å². The zero-order valence-electron chi connectivity index (χ0n) is 10.8. The molecule has 2 rings (SSSR count). The van der Waals surface area contributed by atoms with Crippen LogP contribution in [-0.2, 0) is 17.1 Å². The van der Waals surface area contributed by atoms with Crippen molar-refractivity contribution in [1.29, 1.82) is 0 Å². The van der Waals surface area contributed by atoms with Gasteiger partial charge in [-0.15, -0.1) is 0 Å². The summed E-state index contributed by atoms with van der Waals surface area (Å²) in [6.45, 7) is 4.90. The molecule has 0 spiro atoms. The molecule has 0 nitrogen and oxygen atoms in total. The quantitative estimate of drug-likeness (QED) is 0.611. The predicted octanol–water partition coefficient (Wildman–Crippen LogP) is 5.24. The molecule has 17 heavy (non-hydrogen) atoms. The molecule has 2 aliphatic rings. The maximum atomic E-state index is 2.45. The number of allylic oxidation sites excluding steroid dienone is 8. The molecular formula is C16H22Ru. The molecule has 2 unspecified atom stereocenters. The molecule has 2 atom stereocenters. The number of rotatable bonds is 2. The Morgan fingerprint density at radius 1 is 0.765 bits per heavy atom. The Morgan fingerprint density at radius 3 is 1.71 bits per heavy atom. The maximum absolute atomic E-state index is 2.45. The summed E-state index contributed by atoms with van der Waals surface area (Å²) >= 11 is 0.333. The van der Waals surface area contributed by atoms with Crippen LogP contribution in [0.3, 0.4) is 0 Å². The van der Waals surface area contributed by atoms with Crippen molar-refractivity contribution in [2.75, 3.05) is 0 Å². The summed E-state index contributed by atoms with van der Waals surface area (Å²) in [5, 5.41) is 0. The normalized spacial score (nSPS) is 37.1. The van der Waals surface area contributed by atoms with Crippen molar-refractivity contribution in [3.05, 3.63) is 48.6 Å². The standard InChI is InChI=1S/2C8H11.Ru/c2*1-8-6-4-2-3-5-7-8;/h2*2-4,6H,5,7H2,1H3;. The van der Waals surface area contributed by atoms with Gasteiger partial charge in [0.2, 0.25) is 0 Å². The van der Waals surface area contributed by atoms with Crippen molar-refractivity contribution in [1.82, 2.24) is 0 Å². The summed E-state index contributed by atoms with van der Waals surface area (Å²) in [5.74, 6) is 0. The van der Waals surface area contributed by atoms with E-state index in [0.717, 1.165) is 0 Å². The summed E-state index contributed by atoms with van der Waals surface area (Å²) in [7, 11) is 0. The van der Waals surface area contributed by atoms with Gasteiger partial charge in [0.25, 0.3) is 0 Å². The van der Waals surface area contributed by atoms with Crippen LogP contribution in [0.2, 0.25) is 8.02 Å². The van der Waals surface area contributed by atoms with E-state index in [2.05, 4.69) is 62.5 Å². The van der Waals surface area contributed by atoms with E-state index in [0.29, 0.717) is 25.1 Å². The van der Waals surface area contributed by atoms with E-state index in [9.17, 15) is 0 Å². The number of hydrogen-bond acceptors (Lipinski definition) is 0. The predicted molar refractivity (Wildman–Crippen MR) is 71.8 cm³/mol. The Hall–Kier alpha value is -0.417. The molecule has 0 heterocycles. The van der Waals surface area contributed by atoms with E-state index < -0.39 is 0 Å². The topological polar surface area (TPSA) is 0 Å². The Morgan fingerprint density at radius 2 is 1.24 bits per heavy atom. The second-order valence-corrected chi connectivity index (χ2v) is 9.65. The Balaban J connectivity index is 2.08. The van der Waals surface area contributed by atoms with Crippen molar-refractivity contribution >= 4 is 0 Å². The summed E-state index contributed by atoms with van der Waals surface area (Å²) in [6.07, 6.45) is 23.5. The molecule has 1 heteroatoms. The van der Waals surface area contributed by atoms with Crippen LogP contribution in [0.1, 0.15) is 39.5 Å². The van der Waals surface area contributed by atoms with Crippen molar-refractivity contribution < 1.29 is 17.1 Å². The molecule has 0 aromatic heterocycles. The number of hydrogen-bond donors (Lipinski definition) is 0. The third kappa shape index (κ3) is 3.78. The van der Waals surface area contributed by atoms with E-state index in [1.54, 1.807) is 0 Å². The third-order valence-corrected chi connectivity index (χ3v) is 6.80. The third-order valence-electron chi connectivity index (χ3n) is 3.37. The van der Waals surface area contributed by atoms with Crippen LogP contribution in [0.5, 0.6) is 0 Å². The summed E-state index contributed by atoms with van der Waals surface area (Å²) in [5.41, 5.74) is 0. The van der Waals surface area contributed by atoms with Crippen LogP contribution < -0.4 is 0 Å². The van der Waals surface area contributed by atoms with Gasteiger partial charge in [-0.05, 0) is 0 Å². The zero-order chi connectivity index (χ0) is 12.2. The van der Waals surface area contributed by atoms with Crippen molar-refractivity contribution in [3.63, 3.8) is 0 Å². The molecular weight excluding hydrogens is 293 g/mol. The molecule has 94 valence electrons. The average Bonchev–Trinajstić information content (AvgIpc) is 2.59. The molecule has 0 N–H and O–H groups in total. The first-order chi connectivity index (χ1) is 8.12. The van der Waals surface area contributed by atoms with Crippen molar-refractivity contribution in [2.24, 2.45) is 0 Å².